The lowest BCUT2D eigenvalue weighted by Crippen LogP contribution is -2.29. The molecule has 4 aromatic rings. The third-order valence-corrected chi connectivity index (χ3v) is 4.81. The fraction of sp³-hybridized carbons (Fsp3) is 0.273. The van der Waals surface area contributed by atoms with Crippen LogP contribution in [0.3, 0.4) is 0 Å². The lowest BCUT2D eigenvalue weighted by atomic mass is 10.2. The van der Waals surface area contributed by atoms with Crippen molar-refractivity contribution in [2.24, 2.45) is 0 Å². The van der Waals surface area contributed by atoms with Gasteiger partial charge in [0.05, 0.1) is 17.6 Å². The Morgan fingerprint density at radius 2 is 1.77 bits per heavy atom. The average Bonchev–Trinajstić information content (AvgIpc) is 3.19. The van der Waals surface area contributed by atoms with E-state index in [-0.39, 0.29) is 29.6 Å². The van der Waals surface area contributed by atoms with Crippen molar-refractivity contribution in [3.63, 3.8) is 0 Å². The Bertz CT molecular complexity index is 1270. The van der Waals surface area contributed by atoms with Crippen molar-refractivity contribution < 1.29 is 9.53 Å². The minimum Gasteiger partial charge on any atom is -0.494 e. The maximum Gasteiger partial charge on any atom is 0.297 e. The second kappa shape index (κ2) is 7.98. The smallest absolute Gasteiger partial charge is 0.297 e. The number of aromatic nitrogens is 4. The summed E-state index contributed by atoms with van der Waals surface area (Å²) in [5.74, 6) is 1.24. The van der Waals surface area contributed by atoms with Gasteiger partial charge in [0.15, 0.2) is 0 Å². The van der Waals surface area contributed by atoms with Crippen LogP contribution in [0.25, 0.3) is 16.7 Å². The van der Waals surface area contributed by atoms with E-state index in [0.29, 0.717) is 23.6 Å². The molecule has 1 N–H and O–H groups in total. The Balaban J connectivity index is 1.71. The summed E-state index contributed by atoms with van der Waals surface area (Å²) in [6, 6.07) is 14.6. The van der Waals surface area contributed by atoms with E-state index in [9.17, 15) is 9.59 Å². The van der Waals surface area contributed by atoms with Gasteiger partial charge in [-0.2, -0.15) is 0 Å². The molecule has 1 amide bonds. The van der Waals surface area contributed by atoms with Gasteiger partial charge in [-0.15, -0.1) is 10.2 Å². The van der Waals surface area contributed by atoms with Crippen LogP contribution >= 0.6 is 0 Å². The fourth-order valence-electron chi connectivity index (χ4n) is 3.46. The fourth-order valence-corrected chi connectivity index (χ4v) is 3.46. The van der Waals surface area contributed by atoms with Gasteiger partial charge in [-0.05, 0) is 43.3 Å². The van der Waals surface area contributed by atoms with Crippen LogP contribution in [0.5, 0.6) is 5.75 Å². The SMILES string of the molecule is CCOc1ccc(NC(=O)Cn2c(=O)c3nnc(C(C)C)n3c3ccccc32)cc1. The number of anilines is 1. The molecule has 154 valence electrons. The van der Waals surface area contributed by atoms with Gasteiger partial charge in [0, 0.05) is 11.6 Å². The molecule has 8 nitrogen and oxygen atoms in total. The summed E-state index contributed by atoms with van der Waals surface area (Å²) >= 11 is 0. The molecule has 0 saturated heterocycles. The van der Waals surface area contributed by atoms with E-state index in [1.165, 1.54) is 4.57 Å². The van der Waals surface area contributed by atoms with Crippen molar-refractivity contribution in [1.29, 1.82) is 0 Å². The summed E-state index contributed by atoms with van der Waals surface area (Å²) < 4.78 is 8.63. The highest BCUT2D eigenvalue weighted by atomic mass is 16.5. The van der Waals surface area contributed by atoms with Crippen LogP contribution in [-0.4, -0.2) is 31.7 Å². The number of rotatable bonds is 6. The summed E-state index contributed by atoms with van der Waals surface area (Å²) in [6.45, 7) is 6.36. The van der Waals surface area contributed by atoms with Gasteiger partial charge in [0.25, 0.3) is 5.56 Å². The summed E-state index contributed by atoms with van der Waals surface area (Å²) in [6.07, 6.45) is 0. The van der Waals surface area contributed by atoms with E-state index in [1.807, 2.05) is 45.0 Å². The number of ether oxygens (including phenoxy) is 1. The molecule has 2 aromatic heterocycles. The topological polar surface area (TPSA) is 90.5 Å². The number of hydrogen-bond acceptors (Lipinski definition) is 5. The molecule has 4 rings (SSSR count). The van der Waals surface area contributed by atoms with Crippen molar-refractivity contribution in [1.82, 2.24) is 19.2 Å². The number of nitrogens with one attached hydrogen (secondary N) is 1. The minimum absolute atomic E-state index is 0.0987. The Kier molecular flexibility index (Phi) is 5.22. The van der Waals surface area contributed by atoms with Gasteiger partial charge in [0.2, 0.25) is 11.6 Å². The first-order valence-electron chi connectivity index (χ1n) is 9.89. The number of fused-ring (bicyclic) bond motifs is 3. The molecule has 2 heterocycles. The number of carbonyl (C=O) groups is 1. The van der Waals surface area contributed by atoms with E-state index in [1.54, 1.807) is 28.7 Å². The van der Waals surface area contributed by atoms with E-state index in [4.69, 9.17) is 4.74 Å². The number of nitrogens with zero attached hydrogens (tertiary/aromatic N) is 4. The van der Waals surface area contributed by atoms with Crippen LogP contribution in [0.4, 0.5) is 5.69 Å². The number of benzene rings is 2. The second-order valence-electron chi connectivity index (χ2n) is 7.26. The Labute approximate surface area is 173 Å². The van der Waals surface area contributed by atoms with Gasteiger partial charge in [-0.1, -0.05) is 26.0 Å². The molecule has 0 atom stereocenters. The predicted octanol–water partition coefficient (Wildman–Crippen LogP) is 3.21. The molecule has 0 fully saturated rings. The highest BCUT2D eigenvalue weighted by Gasteiger charge is 2.19. The van der Waals surface area contributed by atoms with E-state index < -0.39 is 0 Å². The first kappa shape index (κ1) is 19.6. The standard InChI is InChI=1S/C22H23N5O3/c1-4-30-16-11-9-15(10-12-16)23-19(28)13-26-17-7-5-6-8-18(17)27-20(14(2)3)24-25-21(27)22(26)29/h5-12,14H,4,13H2,1-3H3,(H,23,28). The summed E-state index contributed by atoms with van der Waals surface area (Å²) in [4.78, 5) is 25.8. The predicted molar refractivity (Wildman–Crippen MR) is 115 cm³/mol. The summed E-state index contributed by atoms with van der Waals surface area (Å²) in [7, 11) is 0. The van der Waals surface area contributed by atoms with Gasteiger partial charge in [-0.25, -0.2) is 0 Å². The largest absolute Gasteiger partial charge is 0.494 e. The molecular weight excluding hydrogens is 382 g/mol. The summed E-state index contributed by atoms with van der Waals surface area (Å²) in [5, 5.41) is 11.1. The second-order valence-corrected chi connectivity index (χ2v) is 7.26. The monoisotopic (exact) mass is 405 g/mol. The van der Waals surface area contributed by atoms with Crippen LogP contribution in [0.1, 0.15) is 32.5 Å². The lowest BCUT2D eigenvalue weighted by Gasteiger charge is -2.13. The maximum absolute atomic E-state index is 13.1. The van der Waals surface area contributed by atoms with Crippen molar-refractivity contribution in [2.45, 2.75) is 33.2 Å². The Hall–Kier alpha value is -3.68. The van der Waals surface area contributed by atoms with E-state index >= 15 is 0 Å². The van der Waals surface area contributed by atoms with Crippen LogP contribution in [-0.2, 0) is 11.3 Å². The molecule has 0 aliphatic carbocycles. The molecule has 0 bridgehead atoms. The molecule has 30 heavy (non-hydrogen) atoms. The van der Waals surface area contributed by atoms with Crippen LogP contribution in [0.2, 0.25) is 0 Å². The molecule has 0 radical (unpaired) electrons. The zero-order valence-corrected chi connectivity index (χ0v) is 17.1. The molecule has 0 aliphatic heterocycles. The number of amides is 1. The molecular formula is C22H23N5O3. The quantitative estimate of drug-likeness (QED) is 0.532. The Morgan fingerprint density at radius 1 is 1.07 bits per heavy atom. The summed E-state index contributed by atoms with van der Waals surface area (Å²) in [5.41, 5.74) is 1.93. The molecule has 0 spiro atoms. The zero-order chi connectivity index (χ0) is 21.3. The first-order valence-corrected chi connectivity index (χ1v) is 9.89. The minimum atomic E-state index is -0.352. The molecule has 0 aliphatic rings. The number of hydrogen-bond donors (Lipinski definition) is 1. The zero-order valence-electron chi connectivity index (χ0n) is 17.1. The lowest BCUT2D eigenvalue weighted by molar-refractivity contribution is -0.116. The van der Waals surface area contributed by atoms with Gasteiger partial charge in [0.1, 0.15) is 18.1 Å². The normalized spacial score (nSPS) is 11.3. The van der Waals surface area contributed by atoms with E-state index in [2.05, 4.69) is 15.5 Å². The molecule has 0 unspecified atom stereocenters. The maximum atomic E-state index is 13.1. The van der Waals surface area contributed by atoms with Crippen LogP contribution < -0.4 is 15.6 Å². The third kappa shape index (κ3) is 3.52. The van der Waals surface area contributed by atoms with Crippen molar-refractivity contribution in [3.8, 4) is 5.75 Å². The Morgan fingerprint density at radius 3 is 2.43 bits per heavy atom. The third-order valence-electron chi connectivity index (χ3n) is 4.81. The van der Waals surface area contributed by atoms with Gasteiger partial charge in [-0.3, -0.25) is 18.6 Å². The molecule has 0 saturated carbocycles. The molecule has 8 heteroatoms. The average molecular weight is 405 g/mol. The van der Waals surface area contributed by atoms with Gasteiger partial charge >= 0.3 is 0 Å². The van der Waals surface area contributed by atoms with Crippen molar-refractivity contribution >= 4 is 28.3 Å². The van der Waals surface area contributed by atoms with Crippen molar-refractivity contribution in [2.75, 3.05) is 11.9 Å². The van der Waals surface area contributed by atoms with Crippen LogP contribution in [0.15, 0.2) is 53.3 Å². The molecule has 2 aromatic carbocycles. The first-order chi connectivity index (χ1) is 14.5. The van der Waals surface area contributed by atoms with Crippen molar-refractivity contribution in [3.05, 3.63) is 64.7 Å². The van der Waals surface area contributed by atoms with Gasteiger partial charge < -0.3 is 10.1 Å². The highest BCUT2D eigenvalue weighted by molar-refractivity contribution is 5.91. The number of carbonyl (C=O) groups excluding carboxylic acids is 1. The van der Waals surface area contributed by atoms with Crippen LogP contribution in [0, 0.1) is 0 Å². The highest BCUT2D eigenvalue weighted by Crippen LogP contribution is 2.20. The van der Waals surface area contributed by atoms with E-state index in [0.717, 1.165) is 11.3 Å². The number of para-hydroxylation sites is 2.